The summed E-state index contributed by atoms with van der Waals surface area (Å²) < 4.78 is 5.00. The first-order valence-electron chi connectivity index (χ1n) is 6.74. The summed E-state index contributed by atoms with van der Waals surface area (Å²) in [6.45, 7) is 2.68. The summed E-state index contributed by atoms with van der Waals surface area (Å²) in [7, 11) is 1.73. The molecule has 0 amide bonds. The lowest BCUT2D eigenvalue weighted by Gasteiger charge is -2.06. The van der Waals surface area contributed by atoms with Gasteiger partial charge in [-0.15, -0.1) is 0 Å². The molecule has 2 rings (SSSR count). The van der Waals surface area contributed by atoms with Gasteiger partial charge in [0.2, 0.25) is 0 Å². The van der Waals surface area contributed by atoms with Crippen molar-refractivity contribution in [3.8, 4) is 11.1 Å². The van der Waals surface area contributed by atoms with Crippen LogP contribution in [-0.4, -0.2) is 26.8 Å². The molecule has 0 aliphatic carbocycles. The maximum atomic E-state index is 5.00. The normalized spacial score (nSPS) is 10.6. The van der Waals surface area contributed by atoms with Crippen molar-refractivity contribution in [3.05, 3.63) is 60.2 Å². The molecule has 2 aromatic carbocycles. The lowest BCUT2D eigenvalue weighted by molar-refractivity contribution is 0.199. The summed E-state index contributed by atoms with van der Waals surface area (Å²) in [6.07, 6.45) is 1.05. The van der Waals surface area contributed by atoms with E-state index in [-0.39, 0.29) is 0 Å². The van der Waals surface area contributed by atoms with Crippen molar-refractivity contribution >= 4 is 0 Å². The summed E-state index contributed by atoms with van der Waals surface area (Å²) >= 11 is 0. The Morgan fingerprint density at radius 1 is 0.842 bits per heavy atom. The first-order chi connectivity index (χ1) is 9.40. The second-order valence-corrected chi connectivity index (χ2v) is 4.56. The molecular weight excluding hydrogens is 234 g/mol. The van der Waals surface area contributed by atoms with Crippen molar-refractivity contribution < 1.29 is 4.74 Å². The van der Waals surface area contributed by atoms with Gasteiger partial charge in [-0.2, -0.15) is 0 Å². The van der Waals surface area contributed by atoms with E-state index in [4.69, 9.17) is 4.74 Å². The Morgan fingerprint density at radius 3 is 2.21 bits per heavy atom. The molecule has 0 aromatic heterocycles. The van der Waals surface area contributed by atoms with Gasteiger partial charge >= 0.3 is 0 Å². The van der Waals surface area contributed by atoms with Gasteiger partial charge in [-0.3, -0.25) is 0 Å². The van der Waals surface area contributed by atoms with Crippen molar-refractivity contribution in [3.63, 3.8) is 0 Å². The maximum Gasteiger partial charge on any atom is 0.0587 e. The van der Waals surface area contributed by atoms with Crippen molar-refractivity contribution in [1.29, 1.82) is 0 Å². The van der Waals surface area contributed by atoms with E-state index in [0.717, 1.165) is 26.1 Å². The molecule has 0 unspecified atom stereocenters. The Kier molecular flexibility index (Phi) is 5.60. The molecule has 100 valence electrons. The first kappa shape index (κ1) is 13.8. The van der Waals surface area contributed by atoms with Crippen LogP contribution in [0.4, 0.5) is 0 Å². The number of hydrogen-bond acceptors (Lipinski definition) is 2. The number of ether oxygens (including phenoxy) is 1. The zero-order valence-electron chi connectivity index (χ0n) is 11.4. The third-order valence-corrected chi connectivity index (χ3v) is 3.13. The maximum absolute atomic E-state index is 5.00. The van der Waals surface area contributed by atoms with Crippen LogP contribution in [0.3, 0.4) is 0 Å². The Balaban J connectivity index is 1.85. The molecule has 0 radical (unpaired) electrons. The fourth-order valence-corrected chi connectivity index (χ4v) is 2.03. The summed E-state index contributed by atoms with van der Waals surface area (Å²) in [4.78, 5) is 0. The van der Waals surface area contributed by atoms with Crippen LogP contribution in [0.2, 0.25) is 0 Å². The molecule has 0 spiro atoms. The Hall–Kier alpha value is -1.64. The zero-order chi connectivity index (χ0) is 13.3. The number of nitrogens with one attached hydrogen (secondary N) is 1. The van der Waals surface area contributed by atoms with E-state index in [1.165, 1.54) is 16.7 Å². The number of rotatable bonds is 7. The Bertz CT molecular complexity index is 464. The summed E-state index contributed by atoms with van der Waals surface area (Å²) in [5.74, 6) is 0. The van der Waals surface area contributed by atoms with Crippen LogP contribution in [-0.2, 0) is 11.2 Å². The van der Waals surface area contributed by atoms with Crippen LogP contribution in [0.25, 0.3) is 11.1 Å². The van der Waals surface area contributed by atoms with Gasteiger partial charge < -0.3 is 10.1 Å². The smallest absolute Gasteiger partial charge is 0.0587 e. The van der Waals surface area contributed by atoms with E-state index in [1.54, 1.807) is 7.11 Å². The van der Waals surface area contributed by atoms with Crippen LogP contribution < -0.4 is 5.32 Å². The van der Waals surface area contributed by atoms with Crippen molar-refractivity contribution in [2.45, 2.75) is 6.42 Å². The minimum Gasteiger partial charge on any atom is -0.383 e. The predicted molar refractivity (Wildman–Crippen MR) is 80.3 cm³/mol. The summed E-state index contributed by atoms with van der Waals surface area (Å²) in [5, 5.41) is 3.36. The fourth-order valence-electron chi connectivity index (χ4n) is 2.03. The number of benzene rings is 2. The first-order valence-corrected chi connectivity index (χ1v) is 6.74. The van der Waals surface area contributed by atoms with E-state index >= 15 is 0 Å². The van der Waals surface area contributed by atoms with E-state index in [1.807, 2.05) is 6.07 Å². The lowest BCUT2D eigenvalue weighted by Crippen LogP contribution is -2.21. The van der Waals surface area contributed by atoms with Gasteiger partial charge in [0.15, 0.2) is 0 Å². The van der Waals surface area contributed by atoms with Gasteiger partial charge in [-0.05, 0) is 29.7 Å². The van der Waals surface area contributed by atoms with Crippen molar-refractivity contribution in [1.82, 2.24) is 5.32 Å². The van der Waals surface area contributed by atoms with Crippen LogP contribution in [0, 0.1) is 0 Å². The van der Waals surface area contributed by atoms with Crippen LogP contribution in [0.5, 0.6) is 0 Å². The van der Waals surface area contributed by atoms with E-state index in [2.05, 4.69) is 53.8 Å². The monoisotopic (exact) mass is 255 g/mol. The number of hydrogen-bond donors (Lipinski definition) is 1. The Morgan fingerprint density at radius 2 is 1.53 bits per heavy atom. The second kappa shape index (κ2) is 7.72. The molecule has 0 aliphatic rings. The van der Waals surface area contributed by atoms with Gasteiger partial charge in [0, 0.05) is 13.7 Å². The molecule has 2 nitrogen and oxygen atoms in total. The minimum absolute atomic E-state index is 0.771. The highest BCUT2D eigenvalue weighted by atomic mass is 16.5. The van der Waals surface area contributed by atoms with E-state index in [0.29, 0.717) is 0 Å². The van der Waals surface area contributed by atoms with Gasteiger partial charge in [-0.25, -0.2) is 0 Å². The molecule has 19 heavy (non-hydrogen) atoms. The van der Waals surface area contributed by atoms with Crippen LogP contribution in [0.15, 0.2) is 54.6 Å². The molecule has 0 fully saturated rings. The molecule has 0 heterocycles. The zero-order valence-corrected chi connectivity index (χ0v) is 11.4. The highest BCUT2D eigenvalue weighted by Gasteiger charge is 1.97. The molecule has 2 heteroatoms. The van der Waals surface area contributed by atoms with Crippen molar-refractivity contribution in [2.24, 2.45) is 0 Å². The lowest BCUT2D eigenvalue weighted by atomic mass is 10.0. The third kappa shape index (κ3) is 4.51. The molecule has 2 aromatic rings. The van der Waals surface area contributed by atoms with Gasteiger partial charge in [0.05, 0.1) is 6.61 Å². The molecule has 0 bridgehead atoms. The molecule has 1 N–H and O–H groups in total. The SMILES string of the molecule is COCCNCCc1ccc(-c2ccccc2)cc1. The van der Waals surface area contributed by atoms with Crippen LogP contribution in [0.1, 0.15) is 5.56 Å². The molecular formula is C17H21NO. The quantitative estimate of drug-likeness (QED) is 0.767. The highest BCUT2D eigenvalue weighted by molar-refractivity contribution is 5.63. The molecule has 0 aliphatic heterocycles. The Labute approximate surface area is 115 Å². The standard InChI is InChI=1S/C17H21NO/c1-19-14-13-18-12-11-15-7-9-17(10-8-15)16-5-3-2-4-6-16/h2-10,18H,11-14H2,1H3. The molecule has 0 saturated carbocycles. The average molecular weight is 255 g/mol. The summed E-state index contributed by atoms with van der Waals surface area (Å²) in [6, 6.07) is 19.3. The van der Waals surface area contributed by atoms with Gasteiger partial charge in [-0.1, -0.05) is 54.6 Å². The number of methoxy groups -OCH3 is 1. The highest BCUT2D eigenvalue weighted by Crippen LogP contribution is 2.19. The summed E-state index contributed by atoms with van der Waals surface area (Å²) in [5.41, 5.74) is 3.91. The third-order valence-electron chi connectivity index (χ3n) is 3.13. The fraction of sp³-hybridized carbons (Fsp3) is 0.294. The average Bonchev–Trinajstić information content (AvgIpc) is 2.49. The van der Waals surface area contributed by atoms with Crippen molar-refractivity contribution in [2.75, 3.05) is 26.8 Å². The second-order valence-electron chi connectivity index (χ2n) is 4.56. The minimum atomic E-state index is 0.771. The van der Waals surface area contributed by atoms with Gasteiger partial charge in [0.25, 0.3) is 0 Å². The predicted octanol–water partition coefficient (Wildman–Crippen LogP) is 3.13. The van der Waals surface area contributed by atoms with E-state index in [9.17, 15) is 0 Å². The topological polar surface area (TPSA) is 21.3 Å². The largest absolute Gasteiger partial charge is 0.383 e. The van der Waals surface area contributed by atoms with Gasteiger partial charge in [0.1, 0.15) is 0 Å². The molecule has 0 saturated heterocycles. The van der Waals surface area contributed by atoms with E-state index < -0.39 is 0 Å². The van der Waals surface area contributed by atoms with Crippen LogP contribution >= 0.6 is 0 Å². The molecule has 0 atom stereocenters.